The first kappa shape index (κ1) is 5.76. The van der Waals surface area contributed by atoms with Gasteiger partial charge in [0.1, 0.15) is 0 Å². The molecule has 0 aliphatic heterocycles. The van der Waals surface area contributed by atoms with Crippen molar-refractivity contribution in [2.75, 3.05) is 0 Å². The van der Waals surface area contributed by atoms with Crippen LogP contribution in [0.15, 0.2) is 0 Å². The van der Waals surface area contributed by atoms with Crippen molar-refractivity contribution in [3.05, 3.63) is 0 Å². The lowest BCUT2D eigenvalue weighted by Crippen LogP contribution is -2.25. The number of hydrogen-bond donors (Lipinski definition) is 0. The SMILES string of the molecule is CC1CCCC2CC1C2. The molecule has 3 saturated carbocycles. The Morgan fingerprint density at radius 1 is 1.11 bits per heavy atom. The van der Waals surface area contributed by atoms with E-state index in [0.29, 0.717) is 0 Å². The van der Waals surface area contributed by atoms with Crippen molar-refractivity contribution in [1.82, 2.24) is 0 Å². The predicted molar refractivity (Wildman–Crippen MR) is 39.2 cm³/mol. The zero-order chi connectivity index (χ0) is 6.27. The molecular weight excluding hydrogens is 108 g/mol. The molecule has 0 N–H and O–H groups in total. The predicted octanol–water partition coefficient (Wildman–Crippen LogP) is 2.83. The van der Waals surface area contributed by atoms with Gasteiger partial charge in [0.15, 0.2) is 0 Å². The van der Waals surface area contributed by atoms with Gasteiger partial charge in [0.05, 0.1) is 0 Å². The quantitative estimate of drug-likeness (QED) is 0.466. The van der Waals surface area contributed by atoms with Crippen molar-refractivity contribution in [3.8, 4) is 0 Å². The van der Waals surface area contributed by atoms with Gasteiger partial charge in [-0.15, -0.1) is 0 Å². The van der Waals surface area contributed by atoms with E-state index in [9.17, 15) is 0 Å². The van der Waals surface area contributed by atoms with Crippen LogP contribution in [0.5, 0.6) is 0 Å². The van der Waals surface area contributed by atoms with Crippen molar-refractivity contribution < 1.29 is 0 Å². The van der Waals surface area contributed by atoms with Crippen molar-refractivity contribution in [1.29, 1.82) is 0 Å². The zero-order valence-electron chi connectivity index (χ0n) is 6.27. The van der Waals surface area contributed by atoms with Gasteiger partial charge < -0.3 is 0 Å². The van der Waals surface area contributed by atoms with Gasteiger partial charge in [0.2, 0.25) is 0 Å². The van der Waals surface area contributed by atoms with Gasteiger partial charge in [-0.2, -0.15) is 0 Å². The average molecular weight is 124 g/mol. The molecule has 0 radical (unpaired) electrons. The largest absolute Gasteiger partial charge is 0.0622 e. The number of fused-ring (bicyclic) bond motifs is 3. The maximum Gasteiger partial charge on any atom is -0.0383 e. The van der Waals surface area contributed by atoms with Crippen LogP contribution in [0.25, 0.3) is 0 Å². The molecule has 52 valence electrons. The maximum absolute atomic E-state index is 2.44. The van der Waals surface area contributed by atoms with E-state index in [1.165, 1.54) is 12.8 Å². The summed E-state index contributed by atoms with van der Waals surface area (Å²) >= 11 is 0. The minimum Gasteiger partial charge on any atom is -0.0622 e. The van der Waals surface area contributed by atoms with E-state index < -0.39 is 0 Å². The first-order chi connectivity index (χ1) is 4.36. The summed E-state index contributed by atoms with van der Waals surface area (Å²) in [5.74, 6) is 3.35. The molecule has 9 heavy (non-hydrogen) atoms. The lowest BCUT2D eigenvalue weighted by atomic mass is 9.70. The maximum atomic E-state index is 2.44. The van der Waals surface area contributed by atoms with Gasteiger partial charge in [-0.25, -0.2) is 0 Å². The van der Waals surface area contributed by atoms with Crippen LogP contribution in [-0.4, -0.2) is 0 Å². The molecule has 3 fully saturated rings. The molecule has 0 aromatic carbocycles. The molecule has 0 aromatic rings. The highest BCUT2D eigenvalue weighted by Gasteiger charge is 2.34. The van der Waals surface area contributed by atoms with Gasteiger partial charge >= 0.3 is 0 Å². The molecule has 2 bridgehead atoms. The summed E-state index contributed by atoms with van der Waals surface area (Å²) in [4.78, 5) is 0. The molecule has 3 aliphatic rings. The Morgan fingerprint density at radius 2 is 1.89 bits per heavy atom. The third-order valence-electron chi connectivity index (χ3n) is 3.35. The zero-order valence-corrected chi connectivity index (χ0v) is 6.27. The third-order valence-corrected chi connectivity index (χ3v) is 3.35. The Bertz CT molecular complexity index is 97.9. The Labute approximate surface area is 57.6 Å². The molecule has 3 rings (SSSR count). The summed E-state index contributed by atoms with van der Waals surface area (Å²) in [5.41, 5.74) is 0. The molecule has 0 amide bonds. The molecule has 3 aliphatic carbocycles. The van der Waals surface area contributed by atoms with Crippen LogP contribution in [-0.2, 0) is 0 Å². The van der Waals surface area contributed by atoms with Gasteiger partial charge in [0.25, 0.3) is 0 Å². The standard InChI is InChI=1S/C9H16/c1-7-3-2-4-8-5-9(7)6-8/h7-9H,2-6H2,1H3. The molecule has 0 aromatic heterocycles. The normalized spacial score (nSPS) is 49.7. The monoisotopic (exact) mass is 124 g/mol. The second kappa shape index (κ2) is 2.00. The number of rotatable bonds is 0. The van der Waals surface area contributed by atoms with Crippen LogP contribution in [0, 0.1) is 17.8 Å². The van der Waals surface area contributed by atoms with Crippen molar-refractivity contribution in [3.63, 3.8) is 0 Å². The lowest BCUT2D eigenvalue weighted by molar-refractivity contribution is 0.155. The summed E-state index contributed by atoms with van der Waals surface area (Å²) in [6.45, 7) is 2.44. The fourth-order valence-corrected chi connectivity index (χ4v) is 2.45. The van der Waals surface area contributed by atoms with E-state index in [-0.39, 0.29) is 0 Å². The second-order valence-corrected chi connectivity index (χ2v) is 4.01. The fraction of sp³-hybridized carbons (Fsp3) is 1.00. The van der Waals surface area contributed by atoms with Gasteiger partial charge in [-0.05, 0) is 30.6 Å². The third kappa shape index (κ3) is 0.889. The summed E-state index contributed by atoms with van der Waals surface area (Å²) in [6.07, 6.45) is 7.71. The Balaban J connectivity index is 1.99. The van der Waals surface area contributed by atoms with Crippen LogP contribution < -0.4 is 0 Å². The minimum atomic E-state index is 1.06. The van der Waals surface area contributed by atoms with Crippen molar-refractivity contribution >= 4 is 0 Å². The Morgan fingerprint density at radius 3 is 2.67 bits per heavy atom. The molecule has 0 nitrogen and oxygen atoms in total. The highest BCUT2D eigenvalue weighted by atomic mass is 14.4. The van der Waals surface area contributed by atoms with Crippen molar-refractivity contribution in [2.45, 2.75) is 39.0 Å². The van der Waals surface area contributed by atoms with Gasteiger partial charge in [-0.1, -0.05) is 26.2 Å². The highest BCUT2D eigenvalue weighted by Crippen LogP contribution is 2.46. The summed E-state index contributed by atoms with van der Waals surface area (Å²) in [5, 5.41) is 0. The Kier molecular flexibility index (Phi) is 1.28. The lowest BCUT2D eigenvalue weighted by Gasteiger charge is -2.35. The van der Waals surface area contributed by atoms with E-state index in [2.05, 4.69) is 6.92 Å². The molecule has 0 heterocycles. The molecule has 1 unspecified atom stereocenters. The first-order valence-electron chi connectivity index (χ1n) is 4.36. The van der Waals surface area contributed by atoms with Crippen molar-refractivity contribution in [2.24, 2.45) is 17.8 Å². The van der Waals surface area contributed by atoms with Crippen LogP contribution in [0.2, 0.25) is 0 Å². The van der Waals surface area contributed by atoms with E-state index in [1.807, 2.05) is 0 Å². The van der Waals surface area contributed by atoms with Crippen LogP contribution in [0.4, 0.5) is 0 Å². The smallest absolute Gasteiger partial charge is 0.0383 e. The fourth-order valence-electron chi connectivity index (χ4n) is 2.45. The highest BCUT2D eigenvalue weighted by molar-refractivity contribution is 4.85. The van der Waals surface area contributed by atoms with Gasteiger partial charge in [0, 0.05) is 0 Å². The van der Waals surface area contributed by atoms with E-state index in [0.717, 1.165) is 17.8 Å². The summed E-state index contributed by atoms with van der Waals surface area (Å²) < 4.78 is 0. The Hall–Kier alpha value is 0. The second-order valence-electron chi connectivity index (χ2n) is 4.01. The topological polar surface area (TPSA) is 0 Å². The first-order valence-corrected chi connectivity index (χ1v) is 4.36. The average Bonchev–Trinajstić information content (AvgIpc) is 1.93. The van der Waals surface area contributed by atoms with E-state index in [4.69, 9.17) is 0 Å². The van der Waals surface area contributed by atoms with Crippen LogP contribution in [0.3, 0.4) is 0 Å². The minimum absolute atomic E-state index is 1.06. The van der Waals surface area contributed by atoms with Gasteiger partial charge in [-0.3, -0.25) is 0 Å². The van der Waals surface area contributed by atoms with Crippen LogP contribution in [0.1, 0.15) is 39.0 Å². The summed E-state index contributed by atoms with van der Waals surface area (Å²) in [6, 6.07) is 0. The van der Waals surface area contributed by atoms with Crippen LogP contribution >= 0.6 is 0 Å². The molecule has 0 saturated heterocycles. The molecule has 0 heteroatoms. The molecule has 0 spiro atoms. The summed E-state index contributed by atoms with van der Waals surface area (Å²) in [7, 11) is 0. The molecule has 1 atom stereocenters. The van der Waals surface area contributed by atoms with E-state index >= 15 is 0 Å². The number of hydrogen-bond acceptors (Lipinski definition) is 0. The van der Waals surface area contributed by atoms with E-state index in [1.54, 1.807) is 19.3 Å². The molecular formula is C9H16.